The molecule has 0 heterocycles. The minimum absolute atomic E-state index is 0.120. The standard InChI is InChI=1S/C15H24N2O5S/c1-17(2)23(19,20)13-6-7-14(22-4)12(11-13)5-8-15(18)16-9-10-21-3/h6-7,11H,5,8-10H2,1-4H3,(H,16,18). The Morgan fingerprint density at radius 2 is 1.96 bits per heavy atom. The number of rotatable bonds is 9. The first-order valence-electron chi connectivity index (χ1n) is 7.18. The fourth-order valence-electron chi connectivity index (χ4n) is 1.95. The minimum atomic E-state index is -3.52. The highest BCUT2D eigenvalue weighted by molar-refractivity contribution is 7.89. The van der Waals surface area contributed by atoms with E-state index in [4.69, 9.17) is 9.47 Å². The molecule has 0 aliphatic rings. The number of carbonyl (C=O) groups is 1. The van der Waals surface area contributed by atoms with Crippen LogP contribution in [0.3, 0.4) is 0 Å². The summed E-state index contributed by atoms with van der Waals surface area (Å²) in [4.78, 5) is 11.9. The second-order valence-electron chi connectivity index (χ2n) is 5.10. The van der Waals surface area contributed by atoms with E-state index in [0.29, 0.717) is 30.9 Å². The highest BCUT2D eigenvalue weighted by Gasteiger charge is 2.19. The average Bonchev–Trinajstić information content (AvgIpc) is 2.52. The van der Waals surface area contributed by atoms with E-state index in [1.54, 1.807) is 19.2 Å². The topological polar surface area (TPSA) is 84.9 Å². The summed E-state index contributed by atoms with van der Waals surface area (Å²) in [7, 11) is 2.50. The molecule has 23 heavy (non-hydrogen) atoms. The van der Waals surface area contributed by atoms with E-state index in [9.17, 15) is 13.2 Å². The molecule has 0 saturated heterocycles. The van der Waals surface area contributed by atoms with E-state index in [1.165, 1.54) is 27.3 Å². The van der Waals surface area contributed by atoms with Crippen molar-refractivity contribution >= 4 is 15.9 Å². The highest BCUT2D eigenvalue weighted by Crippen LogP contribution is 2.25. The zero-order valence-corrected chi connectivity index (χ0v) is 14.8. The lowest BCUT2D eigenvalue weighted by Crippen LogP contribution is -2.27. The first kappa shape index (κ1) is 19.4. The van der Waals surface area contributed by atoms with Gasteiger partial charge >= 0.3 is 0 Å². The van der Waals surface area contributed by atoms with Crippen molar-refractivity contribution < 1.29 is 22.7 Å². The summed E-state index contributed by atoms with van der Waals surface area (Å²) >= 11 is 0. The van der Waals surface area contributed by atoms with Crippen molar-refractivity contribution in [2.24, 2.45) is 0 Å². The van der Waals surface area contributed by atoms with Gasteiger partial charge in [-0.05, 0) is 30.2 Å². The Bertz CT molecular complexity index is 629. The van der Waals surface area contributed by atoms with E-state index >= 15 is 0 Å². The molecule has 7 nitrogen and oxygen atoms in total. The second-order valence-corrected chi connectivity index (χ2v) is 7.26. The molecule has 0 spiro atoms. The summed E-state index contributed by atoms with van der Waals surface area (Å²) in [6.07, 6.45) is 0.629. The van der Waals surface area contributed by atoms with E-state index in [1.807, 2.05) is 0 Å². The summed E-state index contributed by atoms with van der Waals surface area (Å²) in [6, 6.07) is 4.65. The van der Waals surface area contributed by atoms with Crippen molar-refractivity contribution in [3.63, 3.8) is 0 Å². The molecule has 0 fully saturated rings. The number of benzene rings is 1. The number of hydrogen-bond acceptors (Lipinski definition) is 5. The van der Waals surface area contributed by atoms with Crippen LogP contribution in [0.25, 0.3) is 0 Å². The largest absolute Gasteiger partial charge is 0.496 e. The van der Waals surface area contributed by atoms with Crippen molar-refractivity contribution in [2.45, 2.75) is 17.7 Å². The van der Waals surface area contributed by atoms with Crippen LogP contribution in [0.5, 0.6) is 5.75 Å². The Kier molecular flexibility index (Phi) is 7.47. The van der Waals surface area contributed by atoms with Crippen LogP contribution in [-0.4, -0.2) is 60.1 Å². The third kappa shape index (κ3) is 5.49. The molecule has 0 radical (unpaired) electrons. The molecule has 130 valence electrons. The van der Waals surface area contributed by atoms with Gasteiger partial charge in [-0.3, -0.25) is 4.79 Å². The van der Waals surface area contributed by atoms with Crippen LogP contribution >= 0.6 is 0 Å². The molecule has 0 saturated carbocycles. The number of amides is 1. The Hall–Kier alpha value is -1.64. The van der Waals surface area contributed by atoms with Crippen molar-refractivity contribution in [1.29, 1.82) is 0 Å². The van der Waals surface area contributed by atoms with Gasteiger partial charge < -0.3 is 14.8 Å². The molecule has 0 bridgehead atoms. The maximum Gasteiger partial charge on any atom is 0.242 e. The predicted octanol–water partition coefficient (Wildman–Crippen LogP) is 0.641. The van der Waals surface area contributed by atoms with Gasteiger partial charge in [0, 0.05) is 34.2 Å². The summed E-state index contributed by atoms with van der Waals surface area (Å²) in [5.74, 6) is 0.442. The Labute approximate surface area is 137 Å². The lowest BCUT2D eigenvalue weighted by Gasteiger charge is -2.14. The van der Waals surface area contributed by atoms with Crippen LogP contribution in [0.4, 0.5) is 0 Å². The van der Waals surface area contributed by atoms with Crippen molar-refractivity contribution in [2.75, 3.05) is 41.5 Å². The number of methoxy groups -OCH3 is 2. The van der Waals surface area contributed by atoms with E-state index < -0.39 is 10.0 Å². The van der Waals surface area contributed by atoms with Gasteiger partial charge in [-0.2, -0.15) is 0 Å². The van der Waals surface area contributed by atoms with E-state index in [0.717, 1.165) is 4.31 Å². The zero-order valence-electron chi connectivity index (χ0n) is 14.0. The lowest BCUT2D eigenvalue weighted by atomic mass is 10.1. The number of nitrogens with zero attached hydrogens (tertiary/aromatic N) is 1. The summed E-state index contributed by atoms with van der Waals surface area (Å²) in [5, 5.41) is 2.72. The molecule has 0 aromatic heterocycles. The number of nitrogens with one attached hydrogen (secondary N) is 1. The lowest BCUT2D eigenvalue weighted by molar-refractivity contribution is -0.121. The number of ether oxygens (including phenoxy) is 2. The smallest absolute Gasteiger partial charge is 0.242 e. The molecule has 1 amide bonds. The van der Waals surface area contributed by atoms with Gasteiger partial charge in [-0.1, -0.05) is 0 Å². The fraction of sp³-hybridized carbons (Fsp3) is 0.533. The molecular weight excluding hydrogens is 320 g/mol. The first-order chi connectivity index (χ1) is 10.8. The van der Waals surface area contributed by atoms with Crippen molar-refractivity contribution in [3.05, 3.63) is 23.8 Å². The maximum atomic E-state index is 12.2. The van der Waals surface area contributed by atoms with Crippen LogP contribution < -0.4 is 10.1 Å². The number of sulfonamides is 1. The van der Waals surface area contributed by atoms with Gasteiger partial charge in [0.1, 0.15) is 5.75 Å². The highest BCUT2D eigenvalue weighted by atomic mass is 32.2. The van der Waals surface area contributed by atoms with Crippen LogP contribution in [0.1, 0.15) is 12.0 Å². The third-order valence-electron chi connectivity index (χ3n) is 3.28. The summed E-state index contributed by atoms with van der Waals surface area (Å²) < 4.78 is 35.6. The fourth-order valence-corrected chi connectivity index (χ4v) is 2.90. The van der Waals surface area contributed by atoms with Gasteiger partial charge in [-0.15, -0.1) is 0 Å². The molecule has 1 rings (SSSR count). The minimum Gasteiger partial charge on any atom is -0.496 e. The van der Waals surface area contributed by atoms with Gasteiger partial charge in [0.25, 0.3) is 0 Å². The van der Waals surface area contributed by atoms with E-state index in [2.05, 4.69) is 5.32 Å². The summed E-state index contributed by atoms with van der Waals surface area (Å²) in [5.41, 5.74) is 0.678. The normalized spacial score (nSPS) is 11.5. The van der Waals surface area contributed by atoms with Crippen LogP contribution in [0, 0.1) is 0 Å². The molecule has 0 aliphatic carbocycles. The van der Waals surface area contributed by atoms with Gasteiger partial charge in [0.05, 0.1) is 18.6 Å². The van der Waals surface area contributed by atoms with Gasteiger partial charge in [0.2, 0.25) is 15.9 Å². The summed E-state index contributed by atoms with van der Waals surface area (Å²) in [6.45, 7) is 0.896. The average molecular weight is 344 g/mol. The molecule has 1 aromatic carbocycles. The van der Waals surface area contributed by atoms with Gasteiger partial charge in [-0.25, -0.2) is 12.7 Å². The molecule has 0 unspecified atom stereocenters. The monoisotopic (exact) mass is 344 g/mol. The number of aryl methyl sites for hydroxylation is 1. The Balaban J connectivity index is 2.86. The molecular formula is C15H24N2O5S. The van der Waals surface area contributed by atoms with Gasteiger partial charge in [0.15, 0.2) is 0 Å². The van der Waals surface area contributed by atoms with E-state index in [-0.39, 0.29) is 17.2 Å². The quantitative estimate of drug-likeness (QED) is 0.665. The van der Waals surface area contributed by atoms with Crippen molar-refractivity contribution in [3.8, 4) is 5.75 Å². The SMILES string of the molecule is COCCNC(=O)CCc1cc(S(=O)(=O)N(C)C)ccc1OC. The second kappa shape index (κ2) is 8.85. The van der Waals surface area contributed by atoms with Crippen molar-refractivity contribution in [1.82, 2.24) is 9.62 Å². The van der Waals surface area contributed by atoms with Crippen LogP contribution in [0.15, 0.2) is 23.1 Å². The Morgan fingerprint density at radius 3 is 2.52 bits per heavy atom. The molecule has 0 atom stereocenters. The number of carbonyl (C=O) groups excluding carboxylic acids is 1. The van der Waals surface area contributed by atoms with Crippen LogP contribution in [-0.2, 0) is 26.0 Å². The molecule has 8 heteroatoms. The zero-order chi connectivity index (χ0) is 17.5. The molecule has 1 aromatic rings. The number of hydrogen-bond donors (Lipinski definition) is 1. The first-order valence-corrected chi connectivity index (χ1v) is 8.62. The Morgan fingerprint density at radius 1 is 1.26 bits per heavy atom. The predicted molar refractivity (Wildman–Crippen MR) is 87.1 cm³/mol. The third-order valence-corrected chi connectivity index (χ3v) is 5.09. The molecule has 0 aliphatic heterocycles. The maximum absolute atomic E-state index is 12.2. The molecule has 1 N–H and O–H groups in total. The van der Waals surface area contributed by atoms with Crippen LogP contribution in [0.2, 0.25) is 0 Å².